The van der Waals surface area contributed by atoms with E-state index in [2.05, 4.69) is 30.2 Å². The molecule has 2 aromatic rings. The fraction of sp³-hybridized carbons (Fsp3) is 0.579. The van der Waals surface area contributed by atoms with Crippen molar-refractivity contribution in [2.75, 3.05) is 0 Å². The van der Waals surface area contributed by atoms with Crippen molar-refractivity contribution in [3.8, 4) is 6.07 Å². The monoisotopic (exact) mass is 356 g/mol. The molecule has 1 saturated carbocycles. The quantitative estimate of drug-likeness (QED) is 0.727. The molecule has 0 spiro atoms. The standard InChI is InChI=1S/C19H24N4OS/c1-14-3-5-16(6-4-14)19(2,11-17(24)15-7-10-25-13-15)18-12-23(9-8-20)22-21-18/h7,10,12-14,16H,3-6,9,11H2,1-2H3/t14?,16?,19-/m0/s1. The zero-order chi connectivity index (χ0) is 17.9. The van der Waals surface area contributed by atoms with Gasteiger partial charge in [0.2, 0.25) is 0 Å². The molecular weight excluding hydrogens is 332 g/mol. The summed E-state index contributed by atoms with van der Waals surface area (Å²) < 4.78 is 1.56. The molecule has 5 nitrogen and oxygen atoms in total. The van der Waals surface area contributed by atoms with Gasteiger partial charge in [-0.2, -0.15) is 16.6 Å². The lowest BCUT2D eigenvalue weighted by molar-refractivity contribution is 0.0897. The van der Waals surface area contributed by atoms with Gasteiger partial charge in [-0.15, -0.1) is 5.10 Å². The summed E-state index contributed by atoms with van der Waals surface area (Å²) in [6, 6.07) is 3.98. The van der Waals surface area contributed by atoms with Crippen LogP contribution in [0.5, 0.6) is 0 Å². The molecule has 0 aromatic carbocycles. The molecule has 0 bridgehead atoms. The summed E-state index contributed by atoms with van der Waals surface area (Å²) in [5.41, 5.74) is 1.28. The second kappa shape index (κ2) is 7.49. The highest BCUT2D eigenvalue weighted by atomic mass is 32.1. The van der Waals surface area contributed by atoms with Crippen molar-refractivity contribution >= 4 is 17.1 Å². The molecule has 0 N–H and O–H groups in total. The van der Waals surface area contributed by atoms with Crippen LogP contribution in [0.25, 0.3) is 0 Å². The van der Waals surface area contributed by atoms with Crippen LogP contribution in [-0.2, 0) is 12.0 Å². The van der Waals surface area contributed by atoms with Gasteiger partial charge >= 0.3 is 0 Å². The summed E-state index contributed by atoms with van der Waals surface area (Å²) in [6.07, 6.45) is 6.90. The van der Waals surface area contributed by atoms with Crippen LogP contribution in [0.3, 0.4) is 0 Å². The first kappa shape index (κ1) is 17.8. The lowest BCUT2D eigenvalue weighted by Crippen LogP contribution is -2.37. The summed E-state index contributed by atoms with van der Waals surface area (Å²) in [5, 5.41) is 21.2. The average molecular weight is 356 g/mol. The molecule has 1 aliphatic rings. The Morgan fingerprint density at radius 2 is 2.20 bits per heavy atom. The molecule has 1 aliphatic carbocycles. The van der Waals surface area contributed by atoms with Crippen LogP contribution in [0, 0.1) is 23.2 Å². The number of Topliss-reactive ketones (excluding diaryl/α,β-unsaturated/α-hetero) is 1. The Hall–Kier alpha value is -2.00. The number of hydrogen-bond donors (Lipinski definition) is 0. The molecule has 0 unspecified atom stereocenters. The summed E-state index contributed by atoms with van der Waals surface area (Å²) in [6.45, 7) is 4.63. The van der Waals surface area contributed by atoms with E-state index in [9.17, 15) is 4.79 Å². The number of carbonyl (C=O) groups excluding carboxylic acids is 1. The number of rotatable bonds is 6. The molecular formula is C19H24N4OS. The topological polar surface area (TPSA) is 71.6 Å². The largest absolute Gasteiger partial charge is 0.294 e. The fourth-order valence-corrected chi connectivity index (χ4v) is 4.57. The van der Waals surface area contributed by atoms with E-state index in [0.717, 1.165) is 30.0 Å². The van der Waals surface area contributed by atoms with Gasteiger partial charge in [-0.3, -0.25) is 4.79 Å². The van der Waals surface area contributed by atoms with Crippen molar-refractivity contribution in [2.24, 2.45) is 11.8 Å². The SMILES string of the molecule is CC1CCC([C@](C)(CC(=O)c2ccsc2)c2cn(CC#N)nn2)CC1. The number of nitrogens with zero attached hydrogens (tertiary/aromatic N) is 4. The Morgan fingerprint density at radius 1 is 1.44 bits per heavy atom. The normalized spacial score (nSPS) is 22.9. The summed E-state index contributed by atoms with van der Waals surface area (Å²) in [7, 11) is 0. The summed E-state index contributed by atoms with van der Waals surface area (Å²) in [4.78, 5) is 12.8. The van der Waals surface area contributed by atoms with Crippen molar-refractivity contribution in [1.82, 2.24) is 15.0 Å². The maximum atomic E-state index is 12.8. The number of nitriles is 1. The van der Waals surface area contributed by atoms with Gasteiger partial charge in [-0.25, -0.2) is 4.68 Å². The molecule has 132 valence electrons. The lowest BCUT2D eigenvalue weighted by Gasteiger charge is -2.39. The van der Waals surface area contributed by atoms with Gasteiger partial charge in [0.1, 0.15) is 6.54 Å². The van der Waals surface area contributed by atoms with Crippen LogP contribution in [0.4, 0.5) is 0 Å². The van der Waals surface area contributed by atoms with Crippen molar-refractivity contribution in [2.45, 2.75) is 57.9 Å². The average Bonchev–Trinajstić information content (AvgIpc) is 3.27. The third-order valence-corrected chi connectivity index (χ3v) is 6.33. The molecule has 1 fully saturated rings. The Morgan fingerprint density at radius 3 is 2.84 bits per heavy atom. The van der Waals surface area contributed by atoms with Gasteiger partial charge in [0, 0.05) is 22.8 Å². The first-order valence-electron chi connectivity index (χ1n) is 8.86. The van der Waals surface area contributed by atoms with Gasteiger partial charge in [0.15, 0.2) is 5.78 Å². The molecule has 0 amide bonds. The van der Waals surface area contributed by atoms with E-state index in [-0.39, 0.29) is 17.7 Å². The van der Waals surface area contributed by atoms with Crippen LogP contribution in [0.15, 0.2) is 23.0 Å². The minimum absolute atomic E-state index is 0.164. The van der Waals surface area contributed by atoms with Gasteiger partial charge in [0.25, 0.3) is 0 Å². The molecule has 0 saturated heterocycles. The van der Waals surface area contributed by atoms with Crippen LogP contribution < -0.4 is 0 Å². The van der Waals surface area contributed by atoms with E-state index in [1.54, 1.807) is 16.0 Å². The van der Waals surface area contributed by atoms with Crippen molar-refractivity contribution < 1.29 is 4.79 Å². The Bertz CT molecular complexity index is 753. The zero-order valence-corrected chi connectivity index (χ0v) is 15.6. The van der Waals surface area contributed by atoms with E-state index in [4.69, 9.17) is 5.26 Å². The number of ketones is 1. The molecule has 6 heteroatoms. The molecule has 2 aromatic heterocycles. The minimum atomic E-state index is -0.340. The highest BCUT2D eigenvalue weighted by Gasteiger charge is 2.41. The Balaban J connectivity index is 1.89. The van der Waals surface area contributed by atoms with E-state index in [1.165, 1.54) is 12.8 Å². The van der Waals surface area contributed by atoms with Crippen molar-refractivity contribution in [3.05, 3.63) is 34.3 Å². The molecule has 0 radical (unpaired) electrons. The van der Waals surface area contributed by atoms with Gasteiger partial charge in [0.05, 0.1) is 18.0 Å². The first-order valence-corrected chi connectivity index (χ1v) is 9.80. The molecule has 25 heavy (non-hydrogen) atoms. The predicted octanol–water partition coefficient (Wildman–Crippen LogP) is 4.22. The number of thiophene rings is 1. The van der Waals surface area contributed by atoms with Crippen LogP contribution in [-0.4, -0.2) is 20.8 Å². The van der Waals surface area contributed by atoms with Gasteiger partial charge in [-0.1, -0.05) is 31.9 Å². The van der Waals surface area contributed by atoms with Crippen molar-refractivity contribution in [1.29, 1.82) is 5.26 Å². The smallest absolute Gasteiger partial charge is 0.164 e. The van der Waals surface area contributed by atoms with E-state index in [0.29, 0.717) is 12.3 Å². The molecule has 0 aliphatic heterocycles. The second-order valence-electron chi connectivity index (χ2n) is 7.45. The fourth-order valence-electron chi connectivity index (χ4n) is 3.91. The first-order chi connectivity index (χ1) is 12.0. The van der Waals surface area contributed by atoms with Gasteiger partial charge < -0.3 is 0 Å². The maximum Gasteiger partial charge on any atom is 0.164 e. The minimum Gasteiger partial charge on any atom is -0.294 e. The number of carbonyl (C=O) groups is 1. The summed E-state index contributed by atoms with van der Waals surface area (Å²) >= 11 is 1.55. The van der Waals surface area contributed by atoms with E-state index in [1.807, 2.05) is 23.0 Å². The molecule has 1 atom stereocenters. The van der Waals surface area contributed by atoms with Crippen LogP contribution >= 0.6 is 11.3 Å². The third kappa shape index (κ3) is 3.82. The Labute approximate surface area is 152 Å². The Kier molecular flexibility index (Phi) is 5.33. The highest BCUT2D eigenvalue weighted by molar-refractivity contribution is 7.08. The van der Waals surface area contributed by atoms with E-state index >= 15 is 0 Å². The number of hydrogen-bond acceptors (Lipinski definition) is 5. The predicted molar refractivity (Wildman–Crippen MR) is 97.4 cm³/mol. The van der Waals surface area contributed by atoms with Gasteiger partial charge in [-0.05, 0) is 36.1 Å². The van der Waals surface area contributed by atoms with Crippen LogP contribution in [0.2, 0.25) is 0 Å². The highest BCUT2D eigenvalue weighted by Crippen LogP contribution is 2.44. The maximum absolute atomic E-state index is 12.8. The lowest BCUT2D eigenvalue weighted by atomic mass is 9.64. The molecule has 3 rings (SSSR count). The summed E-state index contributed by atoms with van der Waals surface area (Å²) in [5.74, 6) is 1.33. The van der Waals surface area contributed by atoms with Crippen molar-refractivity contribution in [3.63, 3.8) is 0 Å². The zero-order valence-electron chi connectivity index (χ0n) is 14.8. The van der Waals surface area contributed by atoms with E-state index < -0.39 is 0 Å². The van der Waals surface area contributed by atoms with Crippen LogP contribution in [0.1, 0.15) is 62.0 Å². The number of aromatic nitrogens is 3. The third-order valence-electron chi connectivity index (χ3n) is 5.64. The second-order valence-corrected chi connectivity index (χ2v) is 8.23. The molecule has 2 heterocycles.